The molecule has 0 saturated carbocycles. The van der Waals surface area contributed by atoms with Crippen molar-refractivity contribution in [3.63, 3.8) is 0 Å². The molecule has 0 aliphatic carbocycles. The predicted octanol–water partition coefficient (Wildman–Crippen LogP) is 4.29. The van der Waals surface area contributed by atoms with Gasteiger partial charge in [0.25, 0.3) is 5.91 Å². The Hall–Kier alpha value is -2.67. The molecule has 0 bridgehead atoms. The van der Waals surface area contributed by atoms with E-state index in [1.807, 2.05) is 6.07 Å². The van der Waals surface area contributed by atoms with Crippen LogP contribution in [0.5, 0.6) is 0 Å². The van der Waals surface area contributed by atoms with E-state index in [4.69, 9.17) is 21.1 Å². The average molecular weight is 475 g/mol. The van der Waals surface area contributed by atoms with Crippen molar-refractivity contribution in [3.8, 4) is 0 Å². The molecule has 3 rings (SSSR count). The van der Waals surface area contributed by atoms with Crippen LogP contribution >= 0.6 is 11.6 Å². The number of ether oxygens (including phenoxy) is 2. The van der Waals surface area contributed by atoms with Gasteiger partial charge in [0.1, 0.15) is 17.6 Å². The highest BCUT2D eigenvalue weighted by Crippen LogP contribution is 2.43. The van der Waals surface area contributed by atoms with Crippen molar-refractivity contribution in [2.75, 3.05) is 13.7 Å². The van der Waals surface area contributed by atoms with E-state index in [0.29, 0.717) is 47.0 Å². The first kappa shape index (κ1) is 25.0. The summed E-state index contributed by atoms with van der Waals surface area (Å²) in [6, 6.07) is 6.45. The third-order valence-electron chi connectivity index (χ3n) is 5.95. The fourth-order valence-electron chi connectivity index (χ4n) is 4.59. The molecule has 2 heterocycles. The predicted molar refractivity (Wildman–Crippen MR) is 126 cm³/mol. The Kier molecular flexibility index (Phi) is 7.32. The maximum atomic E-state index is 13.9. The van der Waals surface area contributed by atoms with Gasteiger partial charge in [0.2, 0.25) is 0 Å². The first-order valence-electron chi connectivity index (χ1n) is 11.1. The number of esters is 2. The van der Waals surface area contributed by atoms with Gasteiger partial charge in [0.05, 0.1) is 7.11 Å². The number of rotatable bonds is 4. The lowest BCUT2D eigenvalue weighted by molar-refractivity contribution is -0.162. The van der Waals surface area contributed by atoms with Gasteiger partial charge in [0.15, 0.2) is 0 Å². The minimum Gasteiger partial charge on any atom is -0.468 e. The third-order valence-corrected chi connectivity index (χ3v) is 6.29. The highest BCUT2D eigenvalue weighted by atomic mass is 35.5. The van der Waals surface area contributed by atoms with E-state index < -0.39 is 35.4 Å². The molecular weight excluding hydrogens is 444 g/mol. The smallest absolute Gasteiger partial charge is 0.329 e. The van der Waals surface area contributed by atoms with Crippen LogP contribution in [0.25, 0.3) is 0 Å². The zero-order valence-electron chi connectivity index (χ0n) is 20.0. The summed E-state index contributed by atoms with van der Waals surface area (Å²) in [6.45, 7) is 9.30. The molecule has 1 aromatic rings. The van der Waals surface area contributed by atoms with Gasteiger partial charge in [-0.2, -0.15) is 0 Å². The highest BCUT2D eigenvalue weighted by molar-refractivity contribution is 6.31. The molecule has 1 amide bonds. The van der Waals surface area contributed by atoms with Gasteiger partial charge in [-0.3, -0.25) is 14.6 Å². The lowest BCUT2D eigenvalue weighted by atomic mass is 9.75. The summed E-state index contributed by atoms with van der Waals surface area (Å²) in [6.07, 6.45) is 1.20. The average Bonchev–Trinajstić information content (AvgIpc) is 3.22. The summed E-state index contributed by atoms with van der Waals surface area (Å²) in [5.41, 5.74) is 1.37. The number of carbonyl (C=O) groups is 3. The number of nitrogens with zero attached hydrogens (tertiary/aromatic N) is 2. The first-order chi connectivity index (χ1) is 15.5. The number of halogens is 1. The Morgan fingerprint density at radius 3 is 2.39 bits per heavy atom. The molecule has 1 fully saturated rings. The summed E-state index contributed by atoms with van der Waals surface area (Å²) in [5, 5.41) is 0.439. The van der Waals surface area contributed by atoms with Crippen molar-refractivity contribution in [1.29, 1.82) is 0 Å². The Bertz CT molecular complexity index is 1020. The fraction of sp³-hybridized carbons (Fsp3) is 0.520. The SMILES string of the molecule is COC(=O)C1C(C)=NC(C)=C(C(=O)N2CCC[C@H]2C(=O)OC(C)(C)C)C1c1ccccc1Cl. The number of likely N-dealkylation sites (tertiary alicyclic amines) is 1. The van der Waals surface area contributed by atoms with Crippen LogP contribution in [0.3, 0.4) is 0 Å². The molecule has 33 heavy (non-hydrogen) atoms. The van der Waals surface area contributed by atoms with E-state index in [0.717, 1.165) is 0 Å². The standard InChI is InChI=1S/C25H31ClN2O5/c1-14-19(22(29)28-13-9-12-18(28)23(30)33-25(3,4)5)21(16-10-7-8-11-17(16)26)20(15(2)27-14)24(31)32-6/h7-8,10-11,18,20-21H,9,12-13H2,1-6H3/t18-,20?,21?/m0/s1. The van der Waals surface area contributed by atoms with Crippen molar-refractivity contribution >= 4 is 35.2 Å². The van der Waals surface area contributed by atoms with Crippen LogP contribution in [-0.2, 0) is 23.9 Å². The number of methoxy groups -OCH3 is 1. The van der Waals surface area contributed by atoms with Crippen LogP contribution < -0.4 is 0 Å². The zero-order valence-corrected chi connectivity index (χ0v) is 20.7. The van der Waals surface area contributed by atoms with Crippen LogP contribution in [0.4, 0.5) is 0 Å². The molecule has 1 aromatic carbocycles. The number of carbonyl (C=O) groups excluding carboxylic acids is 3. The van der Waals surface area contributed by atoms with Crippen LogP contribution in [0, 0.1) is 5.92 Å². The molecule has 8 heteroatoms. The van der Waals surface area contributed by atoms with Gasteiger partial charge in [-0.25, -0.2) is 4.79 Å². The number of benzene rings is 1. The molecule has 2 aliphatic rings. The molecule has 0 aromatic heterocycles. The molecule has 0 N–H and O–H groups in total. The van der Waals surface area contributed by atoms with Gasteiger partial charge < -0.3 is 14.4 Å². The van der Waals surface area contributed by atoms with Crippen LogP contribution in [-0.4, -0.2) is 53.8 Å². The summed E-state index contributed by atoms with van der Waals surface area (Å²) in [4.78, 5) is 45.7. The second kappa shape index (κ2) is 9.67. The molecule has 178 valence electrons. The van der Waals surface area contributed by atoms with Crippen molar-refractivity contribution in [3.05, 3.63) is 46.1 Å². The number of aliphatic imine (C=N–C) groups is 1. The Labute approximate surface area is 199 Å². The highest BCUT2D eigenvalue weighted by Gasteiger charge is 2.46. The van der Waals surface area contributed by atoms with Crippen molar-refractivity contribution in [1.82, 2.24) is 4.90 Å². The van der Waals surface area contributed by atoms with Gasteiger partial charge in [-0.05, 0) is 59.1 Å². The number of hydrogen-bond donors (Lipinski definition) is 0. The molecule has 2 unspecified atom stereocenters. The van der Waals surface area contributed by atoms with E-state index in [2.05, 4.69) is 4.99 Å². The Balaban J connectivity index is 2.08. The van der Waals surface area contributed by atoms with Gasteiger partial charge in [-0.15, -0.1) is 0 Å². The van der Waals surface area contributed by atoms with E-state index in [9.17, 15) is 14.4 Å². The normalized spacial score (nSPS) is 23.3. The number of amides is 1. The minimum absolute atomic E-state index is 0.337. The summed E-state index contributed by atoms with van der Waals surface area (Å²) in [7, 11) is 1.31. The summed E-state index contributed by atoms with van der Waals surface area (Å²) in [5.74, 6) is -2.75. The lowest BCUT2D eigenvalue weighted by Gasteiger charge is -2.35. The van der Waals surface area contributed by atoms with Gasteiger partial charge >= 0.3 is 11.9 Å². The van der Waals surface area contributed by atoms with Crippen molar-refractivity contribution in [2.45, 2.75) is 65.0 Å². The van der Waals surface area contributed by atoms with E-state index in [1.165, 1.54) is 7.11 Å². The topological polar surface area (TPSA) is 85.3 Å². The summed E-state index contributed by atoms with van der Waals surface area (Å²) < 4.78 is 10.6. The monoisotopic (exact) mass is 474 g/mol. The largest absolute Gasteiger partial charge is 0.468 e. The second-order valence-corrected chi connectivity index (χ2v) is 9.85. The molecule has 7 nitrogen and oxygen atoms in total. The molecular formula is C25H31ClN2O5. The Morgan fingerprint density at radius 1 is 1.12 bits per heavy atom. The second-order valence-electron chi connectivity index (χ2n) is 9.44. The summed E-state index contributed by atoms with van der Waals surface area (Å²) >= 11 is 6.53. The van der Waals surface area contributed by atoms with Crippen LogP contribution in [0.1, 0.15) is 58.9 Å². The first-order valence-corrected chi connectivity index (χ1v) is 11.5. The van der Waals surface area contributed by atoms with Crippen LogP contribution in [0.2, 0.25) is 5.02 Å². The van der Waals surface area contributed by atoms with E-state index in [-0.39, 0.29) is 5.91 Å². The maximum absolute atomic E-state index is 13.9. The van der Waals surface area contributed by atoms with Crippen molar-refractivity contribution < 1.29 is 23.9 Å². The Morgan fingerprint density at radius 2 is 1.79 bits per heavy atom. The van der Waals surface area contributed by atoms with E-state index >= 15 is 0 Å². The van der Waals surface area contributed by atoms with Crippen LogP contribution in [0.15, 0.2) is 40.5 Å². The molecule has 2 aliphatic heterocycles. The molecule has 0 radical (unpaired) electrons. The third kappa shape index (κ3) is 5.13. The maximum Gasteiger partial charge on any atom is 0.329 e. The number of hydrogen-bond acceptors (Lipinski definition) is 6. The lowest BCUT2D eigenvalue weighted by Crippen LogP contribution is -2.46. The molecule has 0 spiro atoms. The van der Waals surface area contributed by atoms with E-state index in [1.54, 1.807) is 57.7 Å². The fourth-order valence-corrected chi connectivity index (χ4v) is 4.84. The van der Waals surface area contributed by atoms with Crippen molar-refractivity contribution in [2.24, 2.45) is 10.9 Å². The minimum atomic E-state index is -0.805. The molecule has 3 atom stereocenters. The number of allylic oxidation sites excluding steroid dienone is 1. The van der Waals surface area contributed by atoms with Gasteiger partial charge in [-0.1, -0.05) is 29.8 Å². The van der Waals surface area contributed by atoms with Gasteiger partial charge in [0, 0.05) is 34.5 Å². The quantitative estimate of drug-likeness (QED) is 0.607. The molecule has 1 saturated heterocycles. The zero-order chi connectivity index (χ0) is 24.5.